The molecule has 1 aliphatic rings. The fourth-order valence-electron chi connectivity index (χ4n) is 2.34. The maximum atomic E-state index is 11.9. The number of thioether (sulfide) groups is 2. The minimum absolute atomic E-state index is 0.0773. The molecule has 1 saturated heterocycles. The van der Waals surface area contributed by atoms with E-state index < -0.39 is 0 Å². The van der Waals surface area contributed by atoms with Crippen LogP contribution in [0.2, 0.25) is 0 Å². The fourth-order valence-corrected chi connectivity index (χ4v) is 5.08. The van der Waals surface area contributed by atoms with Crippen LogP contribution in [0.15, 0.2) is 0 Å². The molecule has 21 heavy (non-hydrogen) atoms. The molecule has 3 nitrogen and oxygen atoms in total. The van der Waals surface area contributed by atoms with Gasteiger partial charge in [-0.2, -0.15) is 0 Å². The predicted octanol–water partition coefficient (Wildman–Crippen LogP) is 4.01. The van der Waals surface area contributed by atoms with E-state index in [1.807, 2.05) is 0 Å². The van der Waals surface area contributed by atoms with Crippen LogP contribution in [0.1, 0.15) is 65.2 Å². The maximum Gasteiger partial charge on any atom is 0.241 e. The Morgan fingerprint density at radius 3 is 1.57 bits per heavy atom. The second kappa shape index (κ2) is 11.4. The molecule has 2 amide bonds. The number of hydrogen-bond acceptors (Lipinski definition) is 4. The van der Waals surface area contributed by atoms with Crippen LogP contribution < -0.4 is 5.32 Å². The molecule has 122 valence electrons. The largest absolute Gasteiger partial charge is 0.294 e. The van der Waals surface area contributed by atoms with E-state index in [2.05, 4.69) is 19.2 Å². The van der Waals surface area contributed by atoms with Crippen molar-refractivity contribution < 1.29 is 9.59 Å². The molecule has 5 heteroatoms. The van der Waals surface area contributed by atoms with Crippen molar-refractivity contribution >= 4 is 35.3 Å². The third-order valence-electron chi connectivity index (χ3n) is 3.63. The summed E-state index contributed by atoms with van der Waals surface area (Å²) in [5, 5.41) is 2.16. The molecule has 1 rings (SSSR count). The highest BCUT2D eigenvalue weighted by atomic mass is 32.2. The van der Waals surface area contributed by atoms with E-state index in [-0.39, 0.29) is 22.3 Å². The number of hydrogen-bond donors (Lipinski definition) is 1. The van der Waals surface area contributed by atoms with Gasteiger partial charge in [0.25, 0.3) is 0 Å². The molecule has 0 aliphatic carbocycles. The zero-order chi connectivity index (χ0) is 15.5. The molecule has 0 saturated carbocycles. The quantitative estimate of drug-likeness (QED) is 0.433. The summed E-state index contributed by atoms with van der Waals surface area (Å²) in [6.45, 7) is 4.39. The Bertz CT molecular complexity index is 293. The summed E-state index contributed by atoms with van der Waals surface area (Å²) in [6, 6.07) is 0. The van der Waals surface area contributed by atoms with Crippen LogP contribution in [-0.2, 0) is 9.59 Å². The van der Waals surface area contributed by atoms with Crippen LogP contribution in [0.4, 0.5) is 0 Å². The topological polar surface area (TPSA) is 46.2 Å². The number of imide groups is 1. The molecule has 0 bridgehead atoms. The van der Waals surface area contributed by atoms with Crippen molar-refractivity contribution in [2.45, 2.75) is 75.7 Å². The van der Waals surface area contributed by atoms with Crippen molar-refractivity contribution in [1.29, 1.82) is 0 Å². The van der Waals surface area contributed by atoms with Gasteiger partial charge < -0.3 is 0 Å². The molecule has 2 atom stereocenters. The lowest BCUT2D eigenvalue weighted by atomic mass is 10.2. The van der Waals surface area contributed by atoms with Crippen molar-refractivity contribution in [2.24, 2.45) is 0 Å². The van der Waals surface area contributed by atoms with Gasteiger partial charge in [0.05, 0.1) is 0 Å². The first-order valence-electron chi connectivity index (χ1n) is 8.28. The van der Waals surface area contributed by atoms with Gasteiger partial charge in [-0.05, 0) is 24.3 Å². The molecule has 1 aliphatic heterocycles. The highest BCUT2D eigenvalue weighted by Gasteiger charge is 2.41. The Morgan fingerprint density at radius 1 is 0.762 bits per heavy atom. The molecule has 1 N–H and O–H groups in total. The summed E-state index contributed by atoms with van der Waals surface area (Å²) in [7, 11) is 0. The third-order valence-corrected chi connectivity index (χ3v) is 6.54. The first kappa shape index (κ1) is 18.9. The Kier molecular flexibility index (Phi) is 10.3. The minimum atomic E-state index is -0.171. The van der Waals surface area contributed by atoms with Crippen LogP contribution in [0.5, 0.6) is 0 Å². The first-order chi connectivity index (χ1) is 10.2. The van der Waals surface area contributed by atoms with Crippen LogP contribution in [0, 0.1) is 0 Å². The van der Waals surface area contributed by atoms with Crippen LogP contribution in [0.3, 0.4) is 0 Å². The lowest BCUT2D eigenvalue weighted by Gasteiger charge is -2.14. The molecular weight excluding hydrogens is 302 g/mol. The van der Waals surface area contributed by atoms with Gasteiger partial charge in [0.15, 0.2) is 0 Å². The number of carbonyl (C=O) groups excluding carboxylic acids is 2. The lowest BCUT2D eigenvalue weighted by molar-refractivity contribution is -0.124. The third kappa shape index (κ3) is 7.09. The SMILES string of the molecule is CCCCCCSC1C(=O)NC(=O)C1SCCCCCC. The fraction of sp³-hybridized carbons (Fsp3) is 0.875. The van der Waals surface area contributed by atoms with E-state index in [1.54, 1.807) is 23.5 Å². The van der Waals surface area contributed by atoms with Gasteiger partial charge in [-0.1, -0.05) is 52.4 Å². The maximum absolute atomic E-state index is 11.9. The van der Waals surface area contributed by atoms with E-state index in [1.165, 1.54) is 38.5 Å². The number of unbranched alkanes of at least 4 members (excludes halogenated alkanes) is 6. The second-order valence-corrected chi connectivity index (χ2v) is 8.06. The average Bonchev–Trinajstić information content (AvgIpc) is 2.73. The molecule has 0 aromatic carbocycles. The molecule has 1 fully saturated rings. The summed E-state index contributed by atoms with van der Waals surface area (Å²) >= 11 is 3.34. The summed E-state index contributed by atoms with van der Waals surface area (Å²) in [6.07, 6.45) is 9.69. The van der Waals surface area contributed by atoms with Crippen molar-refractivity contribution in [3.63, 3.8) is 0 Å². The van der Waals surface area contributed by atoms with Crippen LogP contribution >= 0.6 is 23.5 Å². The Balaban J connectivity index is 2.28. The zero-order valence-electron chi connectivity index (χ0n) is 13.4. The van der Waals surface area contributed by atoms with Gasteiger partial charge >= 0.3 is 0 Å². The Morgan fingerprint density at radius 2 is 1.19 bits per heavy atom. The zero-order valence-corrected chi connectivity index (χ0v) is 15.0. The van der Waals surface area contributed by atoms with Crippen molar-refractivity contribution in [2.75, 3.05) is 11.5 Å². The summed E-state index contributed by atoms with van der Waals surface area (Å²) in [5.41, 5.74) is 0. The van der Waals surface area contributed by atoms with E-state index in [9.17, 15) is 9.59 Å². The first-order valence-corrected chi connectivity index (χ1v) is 10.4. The van der Waals surface area contributed by atoms with E-state index in [0.717, 1.165) is 24.3 Å². The van der Waals surface area contributed by atoms with Gasteiger partial charge in [0.2, 0.25) is 11.8 Å². The van der Waals surface area contributed by atoms with Crippen molar-refractivity contribution in [1.82, 2.24) is 5.32 Å². The number of nitrogens with one attached hydrogen (secondary N) is 1. The number of amides is 2. The summed E-state index contributed by atoms with van der Waals surface area (Å²) < 4.78 is 0. The molecule has 1 heterocycles. The van der Waals surface area contributed by atoms with Crippen LogP contribution in [-0.4, -0.2) is 33.8 Å². The van der Waals surface area contributed by atoms with Gasteiger partial charge in [-0.25, -0.2) is 0 Å². The Hall–Kier alpha value is -0.160. The molecule has 2 unspecified atom stereocenters. The van der Waals surface area contributed by atoms with E-state index >= 15 is 0 Å². The van der Waals surface area contributed by atoms with Gasteiger partial charge in [-0.3, -0.25) is 14.9 Å². The standard InChI is InChI=1S/C16H29NO2S2/c1-3-5-7-9-11-20-13-14(16(19)17-15(13)18)21-12-10-8-6-4-2/h13-14H,3-12H2,1-2H3,(H,17,18,19). The Labute approximate surface area is 137 Å². The average molecular weight is 332 g/mol. The van der Waals surface area contributed by atoms with Crippen LogP contribution in [0.25, 0.3) is 0 Å². The molecule has 0 spiro atoms. The highest BCUT2D eigenvalue weighted by molar-refractivity contribution is 8.04. The number of rotatable bonds is 12. The summed E-state index contributed by atoms with van der Waals surface area (Å²) in [4.78, 5) is 23.8. The normalized spacial score (nSPS) is 21.8. The van der Waals surface area contributed by atoms with Gasteiger partial charge in [0, 0.05) is 0 Å². The molecule has 0 radical (unpaired) electrons. The summed E-state index contributed by atoms with van der Waals surface area (Å²) in [5.74, 6) is 1.81. The number of carbonyl (C=O) groups is 2. The second-order valence-electron chi connectivity index (χ2n) is 5.56. The molecular formula is C16H29NO2S2. The van der Waals surface area contributed by atoms with Gasteiger partial charge in [0.1, 0.15) is 10.5 Å². The van der Waals surface area contributed by atoms with Crippen molar-refractivity contribution in [3.05, 3.63) is 0 Å². The van der Waals surface area contributed by atoms with E-state index in [4.69, 9.17) is 0 Å². The van der Waals surface area contributed by atoms with Gasteiger partial charge in [-0.15, -0.1) is 23.5 Å². The highest BCUT2D eigenvalue weighted by Crippen LogP contribution is 2.30. The predicted molar refractivity (Wildman–Crippen MR) is 93.9 cm³/mol. The molecule has 0 aromatic heterocycles. The molecule has 0 aromatic rings. The smallest absolute Gasteiger partial charge is 0.241 e. The lowest BCUT2D eigenvalue weighted by Crippen LogP contribution is -2.24. The van der Waals surface area contributed by atoms with E-state index in [0.29, 0.717) is 0 Å². The van der Waals surface area contributed by atoms with Crippen molar-refractivity contribution in [3.8, 4) is 0 Å². The monoisotopic (exact) mass is 331 g/mol. The minimum Gasteiger partial charge on any atom is -0.294 e.